The van der Waals surface area contributed by atoms with E-state index in [1.54, 1.807) is 10.7 Å². The molecular weight excluding hydrogens is 380 g/mol. The molecule has 4 rings (SSSR count). The average molecular weight is 406 g/mol. The number of nitrogens with zero attached hydrogens (tertiary/aromatic N) is 5. The number of amides is 1. The van der Waals surface area contributed by atoms with Crippen LogP contribution in [0, 0.1) is 6.92 Å². The maximum Gasteiger partial charge on any atom is 0.251 e. The van der Waals surface area contributed by atoms with Crippen molar-refractivity contribution in [3.63, 3.8) is 0 Å². The molecule has 1 amide bonds. The molecule has 1 aliphatic heterocycles. The minimum absolute atomic E-state index is 0.114. The third-order valence-electron chi connectivity index (χ3n) is 5.49. The minimum Gasteiger partial charge on any atom is -0.393 e. The lowest BCUT2D eigenvalue weighted by Gasteiger charge is -2.29. The monoisotopic (exact) mass is 406 g/mol. The quantitative estimate of drug-likeness (QED) is 0.649. The van der Waals surface area contributed by atoms with Crippen molar-refractivity contribution in [2.45, 2.75) is 39.0 Å². The highest BCUT2D eigenvalue weighted by atomic mass is 16.3. The van der Waals surface area contributed by atoms with Gasteiger partial charge < -0.3 is 10.4 Å². The number of hydrogen-bond acceptors (Lipinski definition) is 6. The van der Waals surface area contributed by atoms with Crippen LogP contribution in [0.15, 0.2) is 48.8 Å². The Morgan fingerprint density at radius 1 is 1.13 bits per heavy atom. The lowest BCUT2D eigenvalue weighted by atomic mass is 10.1. The van der Waals surface area contributed by atoms with Gasteiger partial charge in [-0.2, -0.15) is 0 Å². The second-order valence-corrected chi connectivity index (χ2v) is 7.76. The Morgan fingerprint density at radius 2 is 1.87 bits per heavy atom. The molecule has 1 aromatic heterocycles. The van der Waals surface area contributed by atoms with E-state index in [9.17, 15) is 9.90 Å². The number of tetrazole rings is 1. The van der Waals surface area contributed by atoms with Crippen LogP contribution in [0.25, 0.3) is 5.69 Å². The molecule has 0 unspecified atom stereocenters. The van der Waals surface area contributed by atoms with Crippen molar-refractivity contribution in [1.82, 2.24) is 30.4 Å². The van der Waals surface area contributed by atoms with Crippen molar-refractivity contribution in [2.24, 2.45) is 0 Å². The van der Waals surface area contributed by atoms with Gasteiger partial charge in [0, 0.05) is 31.7 Å². The summed E-state index contributed by atoms with van der Waals surface area (Å²) in [6.45, 7) is 5.17. The number of carbonyl (C=O) groups is 1. The van der Waals surface area contributed by atoms with Crippen LogP contribution in [-0.2, 0) is 13.1 Å². The van der Waals surface area contributed by atoms with Gasteiger partial charge in [-0.25, -0.2) is 4.68 Å². The van der Waals surface area contributed by atoms with Gasteiger partial charge in [0.1, 0.15) is 6.33 Å². The van der Waals surface area contributed by atoms with Crippen LogP contribution >= 0.6 is 0 Å². The Bertz CT molecular complexity index is 979. The van der Waals surface area contributed by atoms with E-state index in [2.05, 4.69) is 50.0 Å². The van der Waals surface area contributed by atoms with E-state index in [0.717, 1.165) is 49.3 Å². The fraction of sp³-hybridized carbons (Fsp3) is 0.364. The van der Waals surface area contributed by atoms with Crippen LogP contribution in [0.2, 0.25) is 0 Å². The largest absolute Gasteiger partial charge is 0.393 e. The third kappa shape index (κ3) is 4.90. The molecule has 1 fully saturated rings. The zero-order chi connectivity index (χ0) is 20.9. The van der Waals surface area contributed by atoms with E-state index >= 15 is 0 Å². The van der Waals surface area contributed by atoms with Gasteiger partial charge in [-0.15, -0.1) is 5.10 Å². The third-order valence-corrected chi connectivity index (χ3v) is 5.49. The smallest absolute Gasteiger partial charge is 0.251 e. The number of aliphatic hydroxyl groups excluding tert-OH is 1. The number of aliphatic hydroxyl groups is 1. The van der Waals surface area contributed by atoms with Crippen molar-refractivity contribution in [3.8, 4) is 5.69 Å². The zero-order valence-corrected chi connectivity index (χ0v) is 17.0. The van der Waals surface area contributed by atoms with Gasteiger partial charge in [0.15, 0.2) is 0 Å². The molecule has 1 saturated heterocycles. The van der Waals surface area contributed by atoms with Crippen LogP contribution < -0.4 is 5.32 Å². The second-order valence-electron chi connectivity index (χ2n) is 7.76. The summed E-state index contributed by atoms with van der Waals surface area (Å²) >= 11 is 0. The maximum atomic E-state index is 12.5. The molecular formula is C22H26N6O2. The number of aryl methyl sites for hydroxylation is 1. The van der Waals surface area contributed by atoms with Crippen molar-refractivity contribution in [3.05, 3.63) is 71.0 Å². The number of hydrogen-bond donors (Lipinski definition) is 2. The summed E-state index contributed by atoms with van der Waals surface area (Å²) in [6.07, 6.45) is 3.08. The van der Waals surface area contributed by atoms with Gasteiger partial charge in [-0.3, -0.25) is 9.69 Å². The zero-order valence-electron chi connectivity index (χ0n) is 17.0. The first-order valence-electron chi connectivity index (χ1n) is 10.2. The fourth-order valence-corrected chi connectivity index (χ4v) is 3.71. The van der Waals surface area contributed by atoms with Gasteiger partial charge in [-0.1, -0.05) is 24.3 Å². The highest BCUT2D eigenvalue weighted by molar-refractivity contribution is 5.94. The second kappa shape index (κ2) is 9.15. The summed E-state index contributed by atoms with van der Waals surface area (Å²) in [7, 11) is 0. The molecule has 30 heavy (non-hydrogen) atoms. The van der Waals surface area contributed by atoms with Gasteiger partial charge in [0.2, 0.25) is 0 Å². The number of piperidine rings is 1. The normalized spacial score (nSPS) is 15.3. The van der Waals surface area contributed by atoms with E-state index in [-0.39, 0.29) is 12.0 Å². The highest BCUT2D eigenvalue weighted by Crippen LogP contribution is 2.16. The molecule has 8 nitrogen and oxygen atoms in total. The SMILES string of the molecule is Cc1cc(C(=O)NCc2ccc(CN3CCC(O)CC3)cc2)ccc1-n1cnnn1. The van der Waals surface area contributed by atoms with Crippen molar-refractivity contribution < 1.29 is 9.90 Å². The Kier molecular flexibility index (Phi) is 6.15. The average Bonchev–Trinajstić information content (AvgIpc) is 3.29. The van der Waals surface area contributed by atoms with E-state index in [1.807, 2.05) is 19.1 Å². The molecule has 0 bridgehead atoms. The number of benzene rings is 2. The first kappa shape index (κ1) is 20.2. The molecule has 2 heterocycles. The predicted molar refractivity (Wildman–Crippen MR) is 112 cm³/mol. The standard InChI is InChI=1S/C22H26N6O2/c1-16-12-19(6-7-21(16)28-15-24-25-26-28)22(30)23-13-17-2-4-18(5-3-17)14-27-10-8-20(29)9-11-27/h2-7,12,15,20,29H,8-11,13-14H2,1H3,(H,23,30). The maximum absolute atomic E-state index is 12.5. The summed E-state index contributed by atoms with van der Waals surface area (Å²) in [5, 5.41) is 23.8. The molecule has 0 atom stereocenters. The first-order valence-corrected chi connectivity index (χ1v) is 10.2. The summed E-state index contributed by atoms with van der Waals surface area (Å²) in [6, 6.07) is 13.8. The van der Waals surface area contributed by atoms with Crippen LogP contribution in [0.4, 0.5) is 0 Å². The van der Waals surface area contributed by atoms with E-state index in [0.29, 0.717) is 12.1 Å². The summed E-state index contributed by atoms with van der Waals surface area (Å²) in [5.41, 5.74) is 4.67. The number of rotatable bonds is 6. The Morgan fingerprint density at radius 3 is 2.53 bits per heavy atom. The van der Waals surface area contributed by atoms with Crippen molar-refractivity contribution in [2.75, 3.05) is 13.1 Å². The van der Waals surface area contributed by atoms with Gasteiger partial charge in [0.05, 0.1) is 11.8 Å². The first-order chi connectivity index (χ1) is 14.6. The molecule has 0 saturated carbocycles. The van der Waals surface area contributed by atoms with Crippen LogP contribution in [0.3, 0.4) is 0 Å². The lowest BCUT2D eigenvalue weighted by Crippen LogP contribution is -2.35. The van der Waals surface area contributed by atoms with Crippen LogP contribution in [0.5, 0.6) is 0 Å². The summed E-state index contributed by atoms with van der Waals surface area (Å²) < 4.78 is 1.57. The number of nitrogens with one attached hydrogen (secondary N) is 1. The fourth-order valence-electron chi connectivity index (χ4n) is 3.71. The molecule has 0 radical (unpaired) electrons. The Labute approximate surface area is 175 Å². The van der Waals surface area contributed by atoms with Crippen molar-refractivity contribution >= 4 is 5.91 Å². The Balaban J connectivity index is 1.31. The van der Waals surface area contributed by atoms with E-state index in [1.165, 1.54) is 11.9 Å². The Hall–Kier alpha value is -3.10. The molecule has 1 aliphatic rings. The van der Waals surface area contributed by atoms with Gasteiger partial charge in [-0.05, 0) is 65.1 Å². The predicted octanol–water partition coefficient (Wildman–Crippen LogP) is 1.86. The molecule has 0 aliphatic carbocycles. The molecule has 2 aromatic carbocycles. The summed E-state index contributed by atoms with van der Waals surface area (Å²) in [5.74, 6) is -0.114. The van der Waals surface area contributed by atoms with Gasteiger partial charge in [0.25, 0.3) is 5.91 Å². The molecule has 3 aromatic rings. The summed E-state index contributed by atoms with van der Waals surface area (Å²) in [4.78, 5) is 14.9. The van der Waals surface area contributed by atoms with Crippen LogP contribution in [-0.4, -0.2) is 55.3 Å². The lowest BCUT2D eigenvalue weighted by molar-refractivity contribution is 0.0792. The number of aromatic nitrogens is 4. The topological polar surface area (TPSA) is 96.2 Å². The van der Waals surface area contributed by atoms with Crippen molar-refractivity contribution in [1.29, 1.82) is 0 Å². The van der Waals surface area contributed by atoms with E-state index in [4.69, 9.17) is 0 Å². The number of likely N-dealkylation sites (tertiary alicyclic amines) is 1. The minimum atomic E-state index is -0.146. The van der Waals surface area contributed by atoms with Crippen LogP contribution in [0.1, 0.15) is 39.9 Å². The molecule has 8 heteroatoms. The van der Waals surface area contributed by atoms with E-state index < -0.39 is 0 Å². The molecule has 0 spiro atoms. The number of carbonyl (C=O) groups excluding carboxylic acids is 1. The highest BCUT2D eigenvalue weighted by Gasteiger charge is 2.16. The molecule has 156 valence electrons. The van der Waals surface area contributed by atoms with Gasteiger partial charge >= 0.3 is 0 Å². The molecule has 2 N–H and O–H groups in total.